The van der Waals surface area contributed by atoms with Crippen molar-refractivity contribution < 1.29 is 0 Å². The Morgan fingerprint density at radius 3 is 1.20 bits per heavy atom. The highest BCUT2D eigenvalue weighted by atomic mass is 14.0. The van der Waals surface area contributed by atoms with E-state index < -0.39 is 0 Å². The second-order valence-corrected chi connectivity index (χ2v) is 3.13. The van der Waals surface area contributed by atoms with Crippen molar-refractivity contribution in [1.29, 1.82) is 0 Å². The maximum absolute atomic E-state index is 2.08. The Morgan fingerprint density at radius 2 is 1.10 bits per heavy atom. The summed E-state index contributed by atoms with van der Waals surface area (Å²) >= 11 is 0. The molecule has 1 saturated carbocycles. The average molecular weight is 140 g/mol. The second kappa shape index (κ2) is 6.85. The zero-order valence-corrected chi connectivity index (χ0v) is 7.61. The summed E-state index contributed by atoms with van der Waals surface area (Å²) in [5.41, 5.74) is 1.38. The largest absolute Gasteiger partial charge is 0.0890 e. The van der Waals surface area contributed by atoms with Gasteiger partial charge in [-0.25, -0.2) is 0 Å². The molecule has 0 aromatic rings. The van der Waals surface area contributed by atoms with Crippen LogP contribution in [0.2, 0.25) is 0 Å². The normalized spacial score (nSPS) is 15.5. The minimum absolute atomic E-state index is 1.38. The fraction of sp³-hybridized carbons (Fsp3) is 0.800. The van der Waals surface area contributed by atoms with Crippen LogP contribution in [0.1, 0.15) is 52.9 Å². The first kappa shape index (κ1) is 9.74. The van der Waals surface area contributed by atoms with Crippen molar-refractivity contribution in [3.05, 3.63) is 11.6 Å². The van der Waals surface area contributed by atoms with E-state index in [0.717, 1.165) is 0 Å². The first-order valence-corrected chi connectivity index (χ1v) is 4.37. The lowest BCUT2D eigenvalue weighted by Gasteiger charge is -1.74. The van der Waals surface area contributed by atoms with Crippen LogP contribution in [-0.4, -0.2) is 0 Å². The summed E-state index contributed by atoms with van der Waals surface area (Å²) in [5, 5.41) is 0. The maximum atomic E-state index is 2.08. The molecular formula is C10H20. The van der Waals surface area contributed by atoms with Crippen LogP contribution in [0.15, 0.2) is 11.6 Å². The highest BCUT2D eigenvalue weighted by Crippen LogP contribution is 2.15. The topological polar surface area (TPSA) is 0 Å². The highest BCUT2D eigenvalue weighted by Gasteiger charge is 1.95. The van der Waals surface area contributed by atoms with Crippen LogP contribution >= 0.6 is 0 Å². The van der Waals surface area contributed by atoms with Gasteiger partial charge in [-0.15, -0.1) is 0 Å². The van der Waals surface area contributed by atoms with Gasteiger partial charge < -0.3 is 0 Å². The molecule has 0 radical (unpaired) electrons. The van der Waals surface area contributed by atoms with Gasteiger partial charge in [0.1, 0.15) is 0 Å². The van der Waals surface area contributed by atoms with Crippen molar-refractivity contribution in [2.75, 3.05) is 0 Å². The number of allylic oxidation sites excluding steroid dienone is 2. The van der Waals surface area contributed by atoms with E-state index in [1.54, 1.807) is 0 Å². The summed E-state index contributed by atoms with van der Waals surface area (Å²) in [4.78, 5) is 0. The molecule has 0 aromatic heterocycles. The minimum Gasteiger partial charge on any atom is -0.0890 e. The monoisotopic (exact) mass is 140 g/mol. The molecule has 60 valence electrons. The first-order valence-electron chi connectivity index (χ1n) is 4.37. The Hall–Kier alpha value is -0.260. The third kappa shape index (κ3) is 7.74. The Kier molecular flexibility index (Phi) is 6.68. The molecule has 0 bridgehead atoms. The third-order valence-electron chi connectivity index (χ3n) is 1.83. The smallest absolute Gasteiger partial charge is 0.0442 e. The van der Waals surface area contributed by atoms with Crippen molar-refractivity contribution in [3.8, 4) is 0 Å². The molecule has 1 fully saturated rings. The zero-order chi connectivity index (χ0) is 7.82. The predicted octanol–water partition coefficient (Wildman–Crippen LogP) is 3.92. The van der Waals surface area contributed by atoms with E-state index in [-0.39, 0.29) is 0 Å². The molecule has 0 aliphatic heterocycles. The van der Waals surface area contributed by atoms with Crippen molar-refractivity contribution in [2.24, 2.45) is 0 Å². The van der Waals surface area contributed by atoms with Gasteiger partial charge in [0.05, 0.1) is 0 Å². The summed E-state index contributed by atoms with van der Waals surface area (Å²) in [6.07, 6.45) is 9.58. The summed E-state index contributed by atoms with van der Waals surface area (Å²) < 4.78 is 0. The molecule has 0 saturated heterocycles. The van der Waals surface area contributed by atoms with Crippen LogP contribution in [0.3, 0.4) is 0 Å². The Balaban J connectivity index is 0.000000162. The molecule has 0 spiro atoms. The molecule has 0 aromatic carbocycles. The third-order valence-corrected chi connectivity index (χ3v) is 1.83. The molecule has 0 atom stereocenters. The van der Waals surface area contributed by atoms with E-state index in [4.69, 9.17) is 0 Å². The number of rotatable bonds is 0. The van der Waals surface area contributed by atoms with E-state index in [1.807, 2.05) is 6.92 Å². The van der Waals surface area contributed by atoms with Crippen LogP contribution in [0.5, 0.6) is 0 Å². The first-order chi connectivity index (χ1) is 4.77. The molecule has 10 heavy (non-hydrogen) atoms. The second-order valence-electron chi connectivity index (χ2n) is 3.13. The Morgan fingerprint density at radius 1 is 0.900 bits per heavy atom. The van der Waals surface area contributed by atoms with E-state index in [1.165, 1.54) is 37.7 Å². The maximum Gasteiger partial charge on any atom is -0.0442 e. The number of hydrogen-bond acceptors (Lipinski definition) is 0. The molecular weight excluding hydrogens is 120 g/mol. The molecule has 0 amide bonds. The summed E-state index contributed by atoms with van der Waals surface area (Å²) in [5.74, 6) is 0. The molecule has 0 N–H and O–H groups in total. The van der Waals surface area contributed by atoms with Crippen molar-refractivity contribution in [3.63, 3.8) is 0 Å². The summed E-state index contributed by atoms with van der Waals surface area (Å²) in [6.45, 7) is 6.20. The highest BCUT2D eigenvalue weighted by molar-refractivity contribution is 4.88. The van der Waals surface area contributed by atoms with Gasteiger partial charge in [0, 0.05) is 0 Å². The number of hydrogen-bond donors (Lipinski definition) is 0. The lowest BCUT2D eigenvalue weighted by molar-refractivity contribution is 0.886. The lowest BCUT2D eigenvalue weighted by atomic mass is 10.3. The van der Waals surface area contributed by atoms with Crippen LogP contribution in [0, 0.1) is 0 Å². The van der Waals surface area contributed by atoms with Gasteiger partial charge in [0.25, 0.3) is 0 Å². The fourth-order valence-electron chi connectivity index (χ4n) is 0.884. The molecule has 0 heteroatoms. The van der Waals surface area contributed by atoms with E-state index >= 15 is 0 Å². The average Bonchev–Trinajstić information content (AvgIpc) is 2.43. The molecule has 1 aliphatic carbocycles. The SMILES string of the molecule is C1CCCC1.CC=C(C)C. The Bertz CT molecular complexity index is 74.6. The van der Waals surface area contributed by atoms with Gasteiger partial charge in [0.15, 0.2) is 0 Å². The molecule has 1 aliphatic rings. The molecule has 0 nitrogen and oxygen atoms in total. The van der Waals surface area contributed by atoms with E-state index in [0.29, 0.717) is 0 Å². The predicted molar refractivity (Wildman–Crippen MR) is 48.2 cm³/mol. The van der Waals surface area contributed by atoms with Crippen molar-refractivity contribution in [2.45, 2.75) is 52.9 Å². The standard InChI is InChI=1S/2C5H10/c1-2-4-5-3-1;1-4-5(2)3/h1-5H2;4H,1-3H3. The van der Waals surface area contributed by atoms with Crippen molar-refractivity contribution in [1.82, 2.24) is 0 Å². The zero-order valence-electron chi connectivity index (χ0n) is 7.61. The quantitative estimate of drug-likeness (QED) is 0.447. The van der Waals surface area contributed by atoms with E-state index in [9.17, 15) is 0 Å². The summed E-state index contributed by atoms with van der Waals surface area (Å²) in [7, 11) is 0. The molecule has 0 unspecified atom stereocenters. The van der Waals surface area contributed by atoms with Gasteiger partial charge in [-0.1, -0.05) is 43.8 Å². The van der Waals surface area contributed by atoms with Gasteiger partial charge in [-0.3, -0.25) is 0 Å². The van der Waals surface area contributed by atoms with Crippen LogP contribution in [0.4, 0.5) is 0 Å². The fourth-order valence-corrected chi connectivity index (χ4v) is 0.884. The van der Waals surface area contributed by atoms with Crippen LogP contribution in [-0.2, 0) is 0 Å². The van der Waals surface area contributed by atoms with Gasteiger partial charge >= 0.3 is 0 Å². The van der Waals surface area contributed by atoms with Gasteiger partial charge in [-0.2, -0.15) is 0 Å². The minimum atomic E-state index is 1.38. The Labute approximate surface area is 65.3 Å². The molecule has 0 heterocycles. The van der Waals surface area contributed by atoms with Gasteiger partial charge in [-0.05, 0) is 20.8 Å². The van der Waals surface area contributed by atoms with Crippen LogP contribution < -0.4 is 0 Å². The molecule has 1 rings (SSSR count). The summed E-state index contributed by atoms with van der Waals surface area (Å²) in [6, 6.07) is 0. The lowest BCUT2D eigenvalue weighted by Crippen LogP contribution is -1.52. The van der Waals surface area contributed by atoms with Crippen LogP contribution in [0.25, 0.3) is 0 Å². The van der Waals surface area contributed by atoms with Crippen molar-refractivity contribution >= 4 is 0 Å². The van der Waals surface area contributed by atoms with E-state index in [2.05, 4.69) is 19.9 Å². The van der Waals surface area contributed by atoms with Gasteiger partial charge in [0.2, 0.25) is 0 Å².